The highest BCUT2D eigenvalue weighted by Crippen LogP contribution is 2.19. The van der Waals surface area contributed by atoms with Gasteiger partial charge in [-0.15, -0.1) is 0 Å². The highest BCUT2D eigenvalue weighted by molar-refractivity contribution is 5.93. The van der Waals surface area contributed by atoms with E-state index in [0.29, 0.717) is 5.69 Å². The molecule has 3 aromatic rings. The van der Waals surface area contributed by atoms with Crippen molar-refractivity contribution in [1.82, 2.24) is 9.97 Å². The van der Waals surface area contributed by atoms with E-state index in [0.717, 1.165) is 22.1 Å². The number of benzene rings is 2. The van der Waals surface area contributed by atoms with E-state index in [1.54, 1.807) is 6.92 Å². The molecule has 0 aliphatic carbocycles. The summed E-state index contributed by atoms with van der Waals surface area (Å²) in [6.07, 6.45) is 1.33. The standard InChI is InChI=1S/C18H14N4O2/c1-2-24-18(23)12(10-19)11-20-13-7-8-16-17(9-13)22-15-6-4-3-5-14(15)21-16/h3-9,11,20H,2H2,1H3. The fourth-order valence-electron chi connectivity index (χ4n) is 2.21. The number of carbonyl (C=O) groups excluding carboxylic acids is 1. The molecule has 0 saturated heterocycles. The largest absolute Gasteiger partial charge is 0.462 e. The molecular weight excluding hydrogens is 304 g/mol. The third-order valence-electron chi connectivity index (χ3n) is 3.34. The molecular formula is C18H14N4O2. The summed E-state index contributed by atoms with van der Waals surface area (Å²) < 4.78 is 4.81. The lowest BCUT2D eigenvalue weighted by molar-refractivity contribution is -0.138. The third-order valence-corrected chi connectivity index (χ3v) is 3.34. The number of carbonyl (C=O) groups is 1. The molecule has 24 heavy (non-hydrogen) atoms. The Labute approximate surface area is 138 Å². The molecule has 0 saturated carbocycles. The summed E-state index contributed by atoms with van der Waals surface area (Å²) in [5.74, 6) is -0.654. The highest BCUT2D eigenvalue weighted by Gasteiger charge is 2.09. The summed E-state index contributed by atoms with van der Waals surface area (Å²) in [5, 5.41) is 11.9. The fourth-order valence-corrected chi connectivity index (χ4v) is 2.21. The minimum atomic E-state index is -0.654. The van der Waals surface area contributed by atoms with Crippen molar-refractivity contribution in [3.8, 4) is 6.07 Å². The fraction of sp³-hybridized carbons (Fsp3) is 0.111. The second-order valence-corrected chi connectivity index (χ2v) is 4.95. The molecule has 118 valence electrons. The number of anilines is 1. The van der Waals surface area contributed by atoms with Gasteiger partial charge in [0.05, 0.1) is 28.7 Å². The number of fused-ring (bicyclic) bond motifs is 2. The van der Waals surface area contributed by atoms with Crippen molar-refractivity contribution in [3.63, 3.8) is 0 Å². The number of nitriles is 1. The lowest BCUT2D eigenvalue weighted by Crippen LogP contribution is -2.07. The van der Waals surface area contributed by atoms with Gasteiger partial charge >= 0.3 is 5.97 Å². The van der Waals surface area contributed by atoms with Gasteiger partial charge in [-0.2, -0.15) is 5.26 Å². The quantitative estimate of drug-likeness (QED) is 0.344. The van der Waals surface area contributed by atoms with Crippen LogP contribution in [-0.4, -0.2) is 22.5 Å². The van der Waals surface area contributed by atoms with Crippen LogP contribution in [0.25, 0.3) is 22.1 Å². The lowest BCUT2D eigenvalue weighted by atomic mass is 10.2. The van der Waals surface area contributed by atoms with E-state index in [-0.39, 0.29) is 12.2 Å². The average Bonchev–Trinajstić information content (AvgIpc) is 2.60. The van der Waals surface area contributed by atoms with Crippen LogP contribution in [0.4, 0.5) is 5.69 Å². The number of esters is 1. The Morgan fingerprint density at radius 1 is 1.17 bits per heavy atom. The molecule has 0 atom stereocenters. The Kier molecular flexibility index (Phi) is 4.34. The minimum Gasteiger partial charge on any atom is -0.462 e. The molecule has 0 radical (unpaired) electrons. The molecule has 0 bridgehead atoms. The van der Waals surface area contributed by atoms with Crippen LogP contribution in [0, 0.1) is 11.3 Å². The Balaban J connectivity index is 1.91. The van der Waals surface area contributed by atoms with Crippen molar-refractivity contribution < 1.29 is 9.53 Å². The summed E-state index contributed by atoms with van der Waals surface area (Å²) in [5.41, 5.74) is 3.74. The summed E-state index contributed by atoms with van der Waals surface area (Å²) in [4.78, 5) is 20.7. The number of hydrogen-bond donors (Lipinski definition) is 1. The molecule has 3 rings (SSSR count). The van der Waals surface area contributed by atoms with Crippen LogP contribution in [-0.2, 0) is 9.53 Å². The van der Waals surface area contributed by atoms with E-state index in [2.05, 4.69) is 15.3 Å². The molecule has 1 aromatic heterocycles. The van der Waals surface area contributed by atoms with Crippen LogP contribution in [0.1, 0.15) is 6.92 Å². The molecule has 0 amide bonds. The smallest absolute Gasteiger partial charge is 0.350 e. The maximum atomic E-state index is 11.6. The van der Waals surface area contributed by atoms with Gasteiger partial charge in [0, 0.05) is 11.9 Å². The first-order valence-electron chi connectivity index (χ1n) is 7.41. The summed E-state index contributed by atoms with van der Waals surface area (Å²) >= 11 is 0. The number of nitrogens with one attached hydrogen (secondary N) is 1. The SMILES string of the molecule is CCOC(=O)C(C#N)=CNc1ccc2nc3ccccc3nc2c1. The van der Waals surface area contributed by atoms with Gasteiger partial charge in [0.1, 0.15) is 6.07 Å². The van der Waals surface area contributed by atoms with Crippen LogP contribution in [0.2, 0.25) is 0 Å². The maximum absolute atomic E-state index is 11.6. The van der Waals surface area contributed by atoms with Gasteiger partial charge in [0.25, 0.3) is 0 Å². The van der Waals surface area contributed by atoms with Crippen molar-refractivity contribution in [1.29, 1.82) is 5.26 Å². The second kappa shape index (κ2) is 6.75. The van der Waals surface area contributed by atoms with Gasteiger partial charge in [0.15, 0.2) is 5.57 Å². The van der Waals surface area contributed by atoms with E-state index in [9.17, 15) is 4.79 Å². The first-order chi connectivity index (χ1) is 11.7. The van der Waals surface area contributed by atoms with Gasteiger partial charge in [-0.05, 0) is 37.3 Å². The Morgan fingerprint density at radius 3 is 2.50 bits per heavy atom. The summed E-state index contributed by atoms with van der Waals surface area (Å²) in [6.45, 7) is 1.91. The van der Waals surface area contributed by atoms with Gasteiger partial charge in [0.2, 0.25) is 0 Å². The third kappa shape index (κ3) is 3.15. The first kappa shape index (κ1) is 15.4. The van der Waals surface area contributed by atoms with Crippen LogP contribution in [0.3, 0.4) is 0 Å². The number of aromatic nitrogens is 2. The molecule has 2 aromatic carbocycles. The molecule has 1 heterocycles. The van der Waals surface area contributed by atoms with Gasteiger partial charge in [-0.1, -0.05) is 12.1 Å². The first-order valence-corrected chi connectivity index (χ1v) is 7.41. The van der Waals surface area contributed by atoms with Crippen molar-refractivity contribution >= 4 is 33.7 Å². The van der Waals surface area contributed by atoms with E-state index in [4.69, 9.17) is 10.00 Å². The molecule has 0 aliphatic rings. The topological polar surface area (TPSA) is 87.9 Å². The van der Waals surface area contributed by atoms with Crippen molar-refractivity contribution in [2.45, 2.75) is 6.92 Å². The van der Waals surface area contributed by atoms with Crippen molar-refractivity contribution in [2.24, 2.45) is 0 Å². The molecule has 1 N–H and O–H groups in total. The number of rotatable bonds is 4. The van der Waals surface area contributed by atoms with Gasteiger partial charge in [-0.3, -0.25) is 0 Å². The van der Waals surface area contributed by atoms with E-state index in [1.807, 2.05) is 48.5 Å². The van der Waals surface area contributed by atoms with E-state index in [1.165, 1.54) is 6.20 Å². The zero-order valence-corrected chi connectivity index (χ0v) is 13.0. The molecule has 0 fully saturated rings. The predicted molar refractivity (Wildman–Crippen MR) is 91.0 cm³/mol. The number of para-hydroxylation sites is 2. The molecule has 6 nitrogen and oxygen atoms in total. The van der Waals surface area contributed by atoms with Crippen LogP contribution in [0.15, 0.2) is 54.2 Å². The second-order valence-electron chi connectivity index (χ2n) is 4.95. The average molecular weight is 318 g/mol. The van der Waals surface area contributed by atoms with Crippen molar-refractivity contribution in [3.05, 3.63) is 54.2 Å². The van der Waals surface area contributed by atoms with Crippen LogP contribution >= 0.6 is 0 Å². The Morgan fingerprint density at radius 2 is 1.83 bits per heavy atom. The molecule has 6 heteroatoms. The number of hydrogen-bond acceptors (Lipinski definition) is 6. The summed E-state index contributed by atoms with van der Waals surface area (Å²) in [6, 6.07) is 14.9. The molecule has 0 aliphatic heterocycles. The van der Waals surface area contributed by atoms with Crippen molar-refractivity contribution in [2.75, 3.05) is 11.9 Å². The van der Waals surface area contributed by atoms with Gasteiger partial charge < -0.3 is 10.1 Å². The summed E-state index contributed by atoms with van der Waals surface area (Å²) in [7, 11) is 0. The zero-order valence-electron chi connectivity index (χ0n) is 13.0. The molecule has 0 unspecified atom stereocenters. The Hall–Kier alpha value is -3.46. The predicted octanol–water partition coefficient (Wildman–Crippen LogP) is 3.17. The highest BCUT2D eigenvalue weighted by atomic mass is 16.5. The normalized spacial score (nSPS) is 11.2. The monoisotopic (exact) mass is 318 g/mol. The van der Waals surface area contributed by atoms with E-state index >= 15 is 0 Å². The molecule has 0 spiro atoms. The maximum Gasteiger partial charge on any atom is 0.350 e. The minimum absolute atomic E-state index is 0.0958. The Bertz CT molecular complexity index is 989. The number of nitrogens with zero attached hydrogens (tertiary/aromatic N) is 3. The van der Waals surface area contributed by atoms with Crippen LogP contribution < -0.4 is 5.32 Å². The van der Waals surface area contributed by atoms with Gasteiger partial charge in [-0.25, -0.2) is 14.8 Å². The lowest BCUT2D eigenvalue weighted by Gasteiger charge is -2.05. The van der Waals surface area contributed by atoms with E-state index < -0.39 is 5.97 Å². The number of ether oxygens (including phenoxy) is 1. The zero-order chi connectivity index (χ0) is 16.9. The van der Waals surface area contributed by atoms with Crippen LogP contribution in [0.5, 0.6) is 0 Å².